The van der Waals surface area contributed by atoms with Crippen molar-refractivity contribution in [1.29, 1.82) is 0 Å². The molecule has 3 rings (SSSR count). The van der Waals surface area contributed by atoms with Gasteiger partial charge < -0.3 is 24.8 Å². The molecule has 0 bridgehead atoms. The van der Waals surface area contributed by atoms with Gasteiger partial charge in [-0.3, -0.25) is 4.79 Å². The van der Waals surface area contributed by atoms with Crippen molar-refractivity contribution in [3.63, 3.8) is 0 Å². The fraction of sp³-hybridized carbons (Fsp3) is 0.381. The molecule has 1 amide bonds. The molecule has 0 aliphatic carbocycles. The standard InChI is InChI=1S/C21H23F3N2O4/c1-28-17-9-14(11-26-16-7-8-25-20(16)27)10-18(29-2)19(17)30-12-13-3-5-15(6-4-13)21(22,23)24/h3-6,9-10,16,26H,7-8,11-12H2,1-2H3,(H,25,27). The van der Waals surface area contributed by atoms with Crippen molar-refractivity contribution in [1.82, 2.24) is 10.6 Å². The first kappa shape index (κ1) is 21.8. The van der Waals surface area contributed by atoms with Gasteiger partial charge in [0, 0.05) is 13.1 Å². The molecule has 1 aliphatic heterocycles. The van der Waals surface area contributed by atoms with Crippen molar-refractivity contribution in [2.24, 2.45) is 0 Å². The monoisotopic (exact) mass is 424 g/mol. The van der Waals surface area contributed by atoms with Gasteiger partial charge in [0.15, 0.2) is 11.5 Å². The lowest BCUT2D eigenvalue weighted by molar-refractivity contribution is -0.137. The Morgan fingerprint density at radius 1 is 1.07 bits per heavy atom. The molecule has 2 N–H and O–H groups in total. The van der Waals surface area contributed by atoms with Gasteiger partial charge in [-0.05, 0) is 41.8 Å². The van der Waals surface area contributed by atoms with Gasteiger partial charge in [-0.15, -0.1) is 0 Å². The maximum atomic E-state index is 12.7. The van der Waals surface area contributed by atoms with Crippen LogP contribution in [0.3, 0.4) is 0 Å². The highest BCUT2D eigenvalue weighted by molar-refractivity contribution is 5.83. The number of alkyl halides is 3. The minimum absolute atomic E-state index is 0.0228. The van der Waals surface area contributed by atoms with E-state index >= 15 is 0 Å². The van der Waals surface area contributed by atoms with Crippen molar-refractivity contribution in [3.05, 3.63) is 53.1 Å². The predicted octanol–water partition coefficient (Wildman–Crippen LogP) is 3.28. The Morgan fingerprint density at radius 2 is 1.70 bits per heavy atom. The Morgan fingerprint density at radius 3 is 2.20 bits per heavy atom. The number of carbonyl (C=O) groups excluding carboxylic acids is 1. The highest BCUT2D eigenvalue weighted by Crippen LogP contribution is 2.39. The number of hydrogen-bond acceptors (Lipinski definition) is 5. The Hall–Kier alpha value is -2.94. The first-order valence-electron chi connectivity index (χ1n) is 9.36. The van der Waals surface area contributed by atoms with E-state index in [0.29, 0.717) is 35.9 Å². The third-order valence-electron chi connectivity index (χ3n) is 4.79. The summed E-state index contributed by atoms with van der Waals surface area (Å²) in [5.41, 5.74) is 0.699. The summed E-state index contributed by atoms with van der Waals surface area (Å²) in [6.45, 7) is 1.13. The van der Waals surface area contributed by atoms with Crippen molar-refractivity contribution in [3.8, 4) is 17.2 Å². The maximum Gasteiger partial charge on any atom is 0.416 e. The summed E-state index contributed by atoms with van der Waals surface area (Å²) in [5.74, 6) is 1.18. The second-order valence-corrected chi connectivity index (χ2v) is 6.83. The number of amides is 1. The zero-order chi connectivity index (χ0) is 21.7. The topological polar surface area (TPSA) is 68.8 Å². The lowest BCUT2D eigenvalue weighted by Crippen LogP contribution is -2.35. The molecular weight excluding hydrogens is 401 g/mol. The molecule has 6 nitrogen and oxygen atoms in total. The van der Waals surface area contributed by atoms with Crippen molar-refractivity contribution >= 4 is 5.91 Å². The number of nitrogens with one attached hydrogen (secondary N) is 2. The third kappa shape index (κ3) is 5.15. The molecule has 2 aromatic rings. The molecule has 0 radical (unpaired) electrons. The molecule has 30 heavy (non-hydrogen) atoms. The summed E-state index contributed by atoms with van der Waals surface area (Å²) in [6.07, 6.45) is -3.66. The van der Waals surface area contributed by atoms with E-state index in [9.17, 15) is 18.0 Å². The van der Waals surface area contributed by atoms with Gasteiger partial charge in [0.1, 0.15) is 6.61 Å². The first-order chi connectivity index (χ1) is 14.3. The van der Waals surface area contributed by atoms with Crippen LogP contribution in [0, 0.1) is 0 Å². The third-order valence-corrected chi connectivity index (χ3v) is 4.79. The summed E-state index contributed by atoms with van der Waals surface area (Å²) in [5, 5.41) is 5.96. The number of ether oxygens (including phenoxy) is 3. The van der Waals surface area contributed by atoms with E-state index in [2.05, 4.69) is 10.6 Å². The van der Waals surface area contributed by atoms with Crippen LogP contribution in [0.5, 0.6) is 17.2 Å². The second-order valence-electron chi connectivity index (χ2n) is 6.83. The number of halogens is 3. The number of methoxy groups -OCH3 is 2. The average Bonchev–Trinajstić information content (AvgIpc) is 3.14. The summed E-state index contributed by atoms with van der Waals surface area (Å²) in [7, 11) is 2.97. The van der Waals surface area contributed by atoms with E-state index in [-0.39, 0.29) is 18.6 Å². The van der Waals surface area contributed by atoms with Crippen LogP contribution in [0.2, 0.25) is 0 Å². The van der Waals surface area contributed by atoms with E-state index < -0.39 is 11.7 Å². The highest BCUT2D eigenvalue weighted by atomic mass is 19.4. The molecule has 1 unspecified atom stereocenters. The smallest absolute Gasteiger partial charge is 0.416 e. The minimum atomic E-state index is -4.38. The molecule has 1 fully saturated rings. The predicted molar refractivity (Wildman–Crippen MR) is 104 cm³/mol. The van der Waals surface area contributed by atoms with Crippen LogP contribution in [0.15, 0.2) is 36.4 Å². The van der Waals surface area contributed by atoms with Gasteiger partial charge in [-0.2, -0.15) is 13.2 Å². The van der Waals surface area contributed by atoms with Crippen LogP contribution in [-0.4, -0.2) is 32.7 Å². The van der Waals surface area contributed by atoms with Gasteiger partial charge >= 0.3 is 6.18 Å². The van der Waals surface area contributed by atoms with Crippen LogP contribution in [0.4, 0.5) is 13.2 Å². The van der Waals surface area contributed by atoms with E-state index in [4.69, 9.17) is 14.2 Å². The molecule has 1 aliphatic rings. The molecule has 0 spiro atoms. The van der Waals surface area contributed by atoms with Crippen LogP contribution in [0.25, 0.3) is 0 Å². The van der Waals surface area contributed by atoms with E-state index in [1.54, 1.807) is 12.1 Å². The highest BCUT2D eigenvalue weighted by Gasteiger charge is 2.30. The van der Waals surface area contributed by atoms with Crippen LogP contribution in [-0.2, 0) is 24.1 Å². The Balaban J connectivity index is 1.71. The molecule has 1 saturated heterocycles. The first-order valence-corrected chi connectivity index (χ1v) is 9.36. The molecule has 1 atom stereocenters. The molecule has 1 heterocycles. The number of benzene rings is 2. The minimum Gasteiger partial charge on any atom is -0.493 e. The zero-order valence-corrected chi connectivity index (χ0v) is 16.6. The van der Waals surface area contributed by atoms with Gasteiger partial charge in [0.25, 0.3) is 0 Å². The zero-order valence-electron chi connectivity index (χ0n) is 16.6. The maximum absolute atomic E-state index is 12.7. The lowest BCUT2D eigenvalue weighted by atomic mass is 10.1. The molecule has 2 aromatic carbocycles. The molecule has 0 aromatic heterocycles. The van der Waals surface area contributed by atoms with E-state index in [1.165, 1.54) is 26.4 Å². The van der Waals surface area contributed by atoms with Crippen molar-refractivity contribution in [2.45, 2.75) is 31.8 Å². The fourth-order valence-corrected chi connectivity index (χ4v) is 3.15. The van der Waals surface area contributed by atoms with Gasteiger partial charge in [0.05, 0.1) is 25.8 Å². The van der Waals surface area contributed by atoms with Gasteiger partial charge in [-0.25, -0.2) is 0 Å². The van der Waals surface area contributed by atoms with E-state index in [0.717, 1.165) is 24.1 Å². The largest absolute Gasteiger partial charge is 0.493 e. The van der Waals surface area contributed by atoms with Gasteiger partial charge in [0.2, 0.25) is 11.7 Å². The number of hydrogen-bond donors (Lipinski definition) is 2. The van der Waals surface area contributed by atoms with Crippen LogP contribution < -0.4 is 24.8 Å². The quantitative estimate of drug-likeness (QED) is 0.681. The van der Waals surface area contributed by atoms with Gasteiger partial charge in [-0.1, -0.05) is 12.1 Å². The van der Waals surface area contributed by atoms with E-state index in [1.807, 2.05) is 0 Å². The fourth-order valence-electron chi connectivity index (χ4n) is 3.15. The number of rotatable bonds is 8. The average molecular weight is 424 g/mol. The lowest BCUT2D eigenvalue weighted by Gasteiger charge is -2.17. The summed E-state index contributed by atoms with van der Waals surface area (Å²) in [4.78, 5) is 11.7. The summed E-state index contributed by atoms with van der Waals surface area (Å²) in [6, 6.07) is 8.06. The molecule has 0 saturated carbocycles. The molecule has 9 heteroatoms. The number of carbonyl (C=O) groups is 1. The second kappa shape index (κ2) is 9.25. The Kier molecular flexibility index (Phi) is 6.71. The Labute approximate surface area is 172 Å². The van der Waals surface area contributed by atoms with Crippen molar-refractivity contribution in [2.75, 3.05) is 20.8 Å². The summed E-state index contributed by atoms with van der Waals surface area (Å²) >= 11 is 0. The van der Waals surface area contributed by atoms with Crippen molar-refractivity contribution < 1.29 is 32.2 Å². The van der Waals surface area contributed by atoms with Crippen LogP contribution >= 0.6 is 0 Å². The SMILES string of the molecule is COc1cc(CNC2CCNC2=O)cc(OC)c1OCc1ccc(C(F)(F)F)cc1. The molecule has 162 valence electrons. The molecular formula is C21H23F3N2O4. The normalized spacial score (nSPS) is 16.3. The Bertz CT molecular complexity index is 860. The summed E-state index contributed by atoms with van der Waals surface area (Å²) < 4.78 is 54.7. The van der Waals surface area contributed by atoms with Crippen LogP contribution in [0.1, 0.15) is 23.1 Å².